The minimum Gasteiger partial charge on any atom is -0.351 e. The molecule has 0 unspecified atom stereocenters. The first-order valence-electron chi connectivity index (χ1n) is 7.63. The fourth-order valence-corrected chi connectivity index (χ4v) is 2.63. The monoisotopic (exact) mass is 305 g/mol. The van der Waals surface area contributed by atoms with Gasteiger partial charge in [-0.1, -0.05) is 42.5 Å². The first kappa shape index (κ1) is 15.2. The molecule has 0 spiro atoms. The van der Waals surface area contributed by atoms with E-state index in [2.05, 4.69) is 28.5 Å². The number of hydrogen-bond donors (Lipinski definition) is 2. The number of carbonyl (C=O) groups excluding carboxylic acids is 1. The third kappa shape index (κ3) is 3.73. The molecule has 0 fully saturated rings. The van der Waals surface area contributed by atoms with Gasteiger partial charge in [-0.3, -0.25) is 9.78 Å². The predicted molar refractivity (Wildman–Crippen MR) is 91.7 cm³/mol. The van der Waals surface area contributed by atoms with E-state index in [1.165, 1.54) is 5.39 Å². The number of amides is 1. The molecule has 0 saturated heterocycles. The summed E-state index contributed by atoms with van der Waals surface area (Å²) in [7, 11) is 0. The van der Waals surface area contributed by atoms with Gasteiger partial charge < -0.3 is 11.1 Å². The molecule has 1 atom stereocenters. The second-order valence-electron chi connectivity index (χ2n) is 5.52. The Bertz CT molecular complexity index is 797. The van der Waals surface area contributed by atoms with E-state index in [1.54, 1.807) is 12.4 Å². The molecule has 3 N–H and O–H groups in total. The highest BCUT2D eigenvalue weighted by Gasteiger charge is 2.14. The zero-order valence-electron chi connectivity index (χ0n) is 12.8. The van der Waals surface area contributed by atoms with Crippen molar-refractivity contribution in [2.75, 3.05) is 0 Å². The van der Waals surface area contributed by atoms with Crippen LogP contribution in [-0.4, -0.2) is 16.9 Å². The van der Waals surface area contributed by atoms with Gasteiger partial charge in [-0.25, -0.2) is 0 Å². The molecule has 1 aromatic heterocycles. The molecule has 0 saturated carbocycles. The van der Waals surface area contributed by atoms with Gasteiger partial charge in [0.25, 0.3) is 0 Å². The highest BCUT2D eigenvalue weighted by Crippen LogP contribution is 2.18. The van der Waals surface area contributed by atoms with Crippen molar-refractivity contribution < 1.29 is 4.79 Å². The van der Waals surface area contributed by atoms with Crippen molar-refractivity contribution in [2.24, 2.45) is 5.73 Å². The predicted octanol–water partition coefficient (Wildman–Crippen LogP) is 2.42. The number of rotatable bonds is 5. The Hall–Kier alpha value is -2.72. The molecule has 2 aromatic carbocycles. The summed E-state index contributed by atoms with van der Waals surface area (Å²) < 4.78 is 0. The van der Waals surface area contributed by atoms with Crippen molar-refractivity contribution in [1.82, 2.24) is 10.3 Å². The Labute approximate surface area is 135 Å². The lowest BCUT2D eigenvalue weighted by molar-refractivity contribution is -0.122. The topological polar surface area (TPSA) is 68.0 Å². The second-order valence-corrected chi connectivity index (χ2v) is 5.52. The van der Waals surface area contributed by atoms with Gasteiger partial charge in [0.15, 0.2) is 0 Å². The average molecular weight is 305 g/mol. The minimum absolute atomic E-state index is 0.144. The first-order valence-corrected chi connectivity index (χ1v) is 7.63. The molecule has 0 bridgehead atoms. The molecule has 0 aliphatic carbocycles. The van der Waals surface area contributed by atoms with E-state index < -0.39 is 6.04 Å². The fourth-order valence-electron chi connectivity index (χ4n) is 2.63. The minimum atomic E-state index is -0.563. The van der Waals surface area contributed by atoms with E-state index >= 15 is 0 Å². The molecular weight excluding hydrogens is 286 g/mol. The van der Waals surface area contributed by atoms with E-state index in [9.17, 15) is 4.79 Å². The van der Waals surface area contributed by atoms with Crippen molar-refractivity contribution in [1.29, 1.82) is 0 Å². The van der Waals surface area contributed by atoms with E-state index in [1.807, 2.05) is 36.4 Å². The number of nitrogens with one attached hydrogen (secondary N) is 1. The van der Waals surface area contributed by atoms with Crippen LogP contribution in [0, 0.1) is 0 Å². The summed E-state index contributed by atoms with van der Waals surface area (Å²) in [5, 5.41) is 5.25. The van der Waals surface area contributed by atoms with Crippen molar-refractivity contribution >= 4 is 16.7 Å². The van der Waals surface area contributed by atoms with Gasteiger partial charge in [-0.15, -0.1) is 0 Å². The van der Waals surface area contributed by atoms with Crippen molar-refractivity contribution in [3.8, 4) is 0 Å². The van der Waals surface area contributed by atoms with Crippen molar-refractivity contribution in [3.63, 3.8) is 0 Å². The van der Waals surface area contributed by atoms with Crippen LogP contribution in [0.2, 0.25) is 0 Å². The Kier molecular flexibility index (Phi) is 4.64. The van der Waals surface area contributed by atoms with Crippen LogP contribution in [0.25, 0.3) is 10.8 Å². The van der Waals surface area contributed by atoms with Crippen molar-refractivity contribution in [3.05, 3.63) is 78.1 Å². The van der Waals surface area contributed by atoms with E-state index in [4.69, 9.17) is 5.73 Å². The lowest BCUT2D eigenvalue weighted by Gasteiger charge is -2.13. The van der Waals surface area contributed by atoms with Crippen LogP contribution in [0.4, 0.5) is 0 Å². The maximum Gasteiger partial charge on any atom is 0.237 e. The normalized spacial score (nSPS) is 12.0. The summed E-state index contributed by atoms with van der Waals surface area (Å²) in [5.74, 6) is -0.144. The van der Waals surface area contributed by atoms with Gasteiger partial charge in [0.1, 0.15) is 0 Å². The number of aromatic nitrogens is 1. The van der Waals surface area contributed by atoms with Crippen LogP contribution >= 0.6 is 0 Å². The van der Waals surface area contributed by atoms with Gasteiger partial charge >= 0.3 is 0 Å². The molecule has 3 rings (SSSR count). The highest BCUT2D eigenvalue weighted by molar-refractivity contribution is 5.86. The summed E-state index contributed by atoms with van der Waals surface area (Å²) in [4.78, 5) is 16.2. The van der Waals surface area contributed by atoms with Gasteiger partial charge in [-0.05, 0) is 40.5 Å². The van der Waals surface area contributed by atoms with Crippen LogP contribution in [0.5, 0.6) is 0 Å². The maximum absolute atomic E-state index is 12.2. The van der Waals surface area contributed by atoms with E-state index in [0.717, 1.165) is 16.5 Å². The molecule has 23 heavy (non-hydrogen) atoms. The molecule has 1 heterocycles. The van der Waals surface area contributed by atoms with Crippen LogP contribution in [0.1, 0.15) is 11.1 Å². The molecule has 116 valence electrons. The Balaban J connectivity index is 1.64. The smallest absolute Gasteiger partial charge is 0.237 e. The SMILES string of the molecule is N[C@@H](Cc1ccncc1)C(=O)NCc1cccc2ccccc12. The summed E-state index contributed by atoms with van der Waals surface area (Å²) in [6, 6.07) is 17.4. The van der Waals surface area contributed by atoms with Crippen LogP contribution < -0.4 is 11.1 Å². The number of fused-ring (bicyclic) bond motifs is 1. The van der Waals surface area contributed by atoms with Gasteiger partial charge in [-0.2, -0.15) is 0 Å². The molecule has 0 aliphatic heterocycles. The number of carbonyl (C=O) groups is 1. The standard InChI is InChI=1S/C19H19N3O/c20-18(12-14-8-10-21-11-9-14)19(23)22-13-16-6-3-5-15-4-1-2-7-17(15)16/h1-11,18H,12-13,20H2,(H,22,23)/t18-/m0/s1. The summed E-state index contributed by atoms with van der Waals surface area (Å²) in [6.07, 6.45) is 3.91. The molecule has 3 aromatic rings. The van der Waals surface area contributed by atoms with Crippen LogP contribution in [0.3, 0.4) is 0 Å². The average Bonchev–Trinajstić information content (AvgIpc) is 2.60. The zero-order valence-corrected chi connectivity index (χ0v) is 12.8. The molecule has 4 heteroatoms. The van der Waals surface area contributed by atoms with E-state index in [-0.39, 0.29) is 5.91 Å². The van der Waals surface area contributed by atoms with Gasteiger partial charge in [0.05, 0.1) is 6.04 Å². The zero-order chi connectivity index (χ0) is 16.1. The summed E-state index contributed by atoms with van der Waals surface area (Å²) >= 11 is 0. The third-order valence-corrected chi connectivity index (χ3v) is 3.87. The lowest BCUT2D eigenvalue weighted by Crippen LogP contribution is -2.41. The number of benzene rings is 2. The fraction of sp³-hybridized carbons (Fsp3) is 0.158. The number of pyridine rings is 1. The highest BCUT2D eigenvalue weighted by atomic mass is 16.2. The summed E-state index contributed by atoms with van der Waals surface area (Å²) in [6.45, 7) is 0.476. The molecule has 1 amide bonds. The first-order chi connectivity index (χ1) is 11.2. The Morgan fingerprint density at radius 2 is 1.78 bits per heavy atom. The largest absolute Gasteiger partial charge is 0.351 e. The molecule has 4 nitrogen and oxygen atoms in total. The van der Waals surface area contributed by atoms with Crippen molar-refractivity contribution in [2.45, 2.75) is 19.0 Å². The quantitative estimate of drug-likeness (QED) is 0.760. The number of nitrogens with two attached hydrogens (primary N) is 1. The van der Waals surface area contributed by atoms with E-state index in [0.29, 0.717) is 13.0 Å². The lowest BCUT2D eigenvalue weighted by atomic mass is 10.0. The molecular formula is C19H19N3O. The molecule has 0 radical (unpaired) electrons. The number of nitrogens with zero attached hydrogens (tertiary/aromatic N) is 1. The summed E-state index contributed by atoms with van der Waals surface area (Å²) in [5.41, 5.74) is 8.09. The Morgan fingerprint density at radius 3 is 2.61 bits per heavy atom. The number of hydrogen-bond acceptors (Lipinski definition) is 3. The molecule has 0 aliphatic rings. The third-order valence-electron chi connectivity index (χ3n) is 3.87. The van der Waals surface area contributed by atoms with Gasteiger partial charge in [0, 0.05) is 18.9 Å². The Morgan fingerprint density at radius 1 is 1.04 bits per heavy atom. The van der Waals surface area contributed by atoms with Crippen LogP contribution in [-0.2, 0) is 17.8 Å². The van der Waals surface area contributed by atoms with Crippen LogP contribution in [0.15, 0.2) is 67.0 Å². The maximum atomic E-state index is 12.2. The van der Waals surface area contributed by atoms with Gasteiger partial charge in [0.2, 0.25) is 5.91 Å². The second kappa shape index (κ2) is 7.03.